The van der Waals surface area contributed by atoms with Gasteiger partial charge in [-0.15, -0.1) is 11.3 Å². The average molecular weight is 455 g/mol. The number of amides is 1. The third kappa shape index (κ3) is 4.71. The zero-order valence-electron chi connectivity index (χ0n) is 18.1. The Morgan fingerprint density at radius 3 is 2.67 bits per heavy atom. The first-order chi connectivity index (χ1) is 16.0. The van der Waals surface area contributed by atoms with Crippen molar-refractivity contribution in [3.63, 3.8) is 0 Å². The molecule has 1 atom stereocenters. The second-order valence-corrected chi connectivity index (χ2v) is 9.24. The SMILES string of the molecule is Cc1ccc(Cc2cnc(NC(=O)c3ccc4c(c3)CC(c3ccccc3)OC4=O)s2)cc1. The van der Waals surface area contributed by atoms with Crippen molar-refractivity contribution in [2.45, 2.75) is 25.9 Å². The number of cyclic esters (lactones) is 1. The predicted molar refractivity (Wildman–Crippen MR) is 129 cm³/mol. The van der Waals surface area contributed by atoms with Crippen LogP contribution >= 0.6 is 11.3 Å². The van der Waals surface area contributed by atoms with E-state index in [0.29, 0.717) is 22.7 Å². The van der Waals surface area contributed by atoms with Gasteiger partial charge in [0.1, 0.15) is 6.10 Å². The van der Waals surface area contributed by atoms with E-state index in [0.717, 1.165) is 22.4 Å². The highest BCUT2D eigenvalue weighted by Crippen LogP contribution is 2.31. The lowest BCUT2D eigenvalue weighted by atomic mass is 9.93. The summed E-state index contributed by atoms with van der Waals surface area (Å²) in [5, 5.41) is 3.44. The highest BCUT2D eigenvalue weighted by atomic mass is 32.1. The zero-order valence-corrected chi connectivity index (χ0v) is 18.9. The third-order valence-electron chi connectivity index (χ3n) is 5.69. The molecule has 0 aliphatic carbocycles. The molecule has 33 heavy (non-hydrogen) atoms. The minimum Gasteiger partial charge on any atom is -0.454 e. The number of aromatic nitrogens is 1. The van der Waals surface area contributed by atoms with Crippen molar-refractivity contribution in [2.75, 3.05) is 5.32 Å². The average Bonchev–Trinajstić information content (AvgIpc) is 3.27. The van der Waals surface area contributed by atoms with Crippen molar-refractivity contribution in [3.05, 3.63) is 117 Å². The van der Waals surface area contributed by atoms with Crippen molar-refractivity contribution in [1.29, 1.82) is 0 Å². The number of anilines is 1. The second kappa shape index (κ2) is 9.00. The highest BCUT2D eigenvalue weighted by molar-refractivity contribution is 7.15. The van der Waals surface area contributed by atoms with Crippen molar-refractivity contribution < 1.29 is 14.3 Å². The molecule has 0 saturated heterocycles. The number of carbonyl (C=O) groups excluding carboxylic acids is 2. The largest absolute Gasteiger partial charge is 0.454 e. The van der Waals surface area contributed by atoms with E-state index >= 15 is 0 Å². The number of carbonyl (C=O) groups is 2. The fourth-order valence-electron chi connectivity index (χ4n) is 3.91. The molecule has 3 aromatic carbocycles. The van der Waals surface area contributed by atoms with Crippen LogP contribution in [0.5, 0.6) is 0 Å². The van der Waals surface area contributed by atoms with Gasteiger partial charge in [-0.2, -0.15) is 0 Å². The number of benzene rings is 3. The molecule has 0 spiro atoms. The minimum atomic E-state index is -0.363. The number of fused-ring (bicyclic) bond motifs is 1. The topological polar surface area (TPSA) is 68.3 Å². The van der Waals surface area contributed by atoms with E-state index in [1.807, 2.05) is 30.3 Å². The summed E-state index contributed by atoms with van der Waals surface area (Å²) in [7, 11) is 0. The van der Waals surface area contributed by atoms with Crippen LogP contribution < -0.4 is 5.32 Å². The van der Waals surface area contributed by atoms with E-state index in [2.05, 4.69) is 41.5 Å². The van der Waals surface area contributed by atoms with E-state index in [4.69, 9.17) is 4.74 Å². The first-order valence-electron chi connectivity index (χ1n) is 10.8. The van der Waals surface area contributed by atoms with Crippen LogP contribution in [0.1, 0.15) is 54.0 Å². The molecule has 1 aromatic heterocycles. The summed E-state index contributed by atoms with van der Waals surface area (Å²) in [6.45, 7) is 2.07. The smallest absolute Gasteiger partial charge is 0.339 e. The molecule has 1 amide bonds. The fourth-order valence-corrected chi connectivity index (χ4v) is 4.76. The van der Waals surface area contributed by atoms with E-state index in [9.17, 15) is 9.59 Å². The summed E-state index contributed by atoms with van der Waals surface area (Å²) in [6, 6.07) is 23.1. The van der Waals surface area contributed by atoms with Crippen LogP contribution in [0.4, 0.5) is 5.13 Å². The Hall–Kier alpha value is -3.77. The number of ether oxygens (including phenoxy) is 1. The summed E-state index contributed by atoms with van der Waals surface area (Å²) in [4.78, 5) is 30.8. The van der Waals surface area contributed by atoms with Gasteiger partial charge in [-0.05, 0) is 41.8 Å². The molecule has 0 fully saturated rings. The Labute approximate surface area is 196 Å². The Bertz CT molecular complexity index is 1310. The number of hydrogen-bond donors (Lipinski definition) is 1. The van der Waals surface area contributed by atoms with Crippen LogP contribution in [-0.2, 0) is 17.6 Å². The number of nitrogens with one attached hydrogen (secondary N) is 1. The molecule has 5 rings (SSSR count). The molecule has 0 radical (unpaired) electrons. The molecule has 6 heteroatoms. The summed E-state index contributed by atoms with van der Waals surface area (Å²) in [5.74, 6) is -0.609. The molecule has 5 nitrogen and oxygen atoms in total. The van der Waals surface area contributed by atoms with Crippen molar-refractivity contribution in [1.82, 2.24) is 4.98 Å². The van der Waals surface area contributed by atoms with Crippen LogP contribution in [0.15, 0.2) is 79.0 Å². The van der Waals surface area contributed by atoms with Gasteiger partial charge in [-0.3, -0.25) is 10.1 Å². The Kier molecular flexibility index (Phi) is 5.75. The van der Waals surface area contributed by atoms with Crippen LogP contribution in [0.2, 0.25) is 0 Å². The molecule has 1 aliphatic rings. The van der Waals surface area contributed by atoms with Gasteiger partial charge in [0.05, 0.1) is 5.56 Å². The molecule has 164 valence electrons. The summed E-state index contributed by atoms with van der Waals surface area (Å²) in [6.07, 6.45) is 2.75. The number of aryl methyl sites for hydroxylation is 1. The van der Waals surface area contributed by atoms with Gasteiger partial charge in [-0.25, -0.2) is 9.78 Å². The lowest BCUT2D eigenvalue weighted by molar-refractivity contribution is 0.0252. The number of thiazole rings is 1. The van der Waals surface area contributed by atoms with Gasteiger partial charge in [0.2, 0.25) is 0 Å². The van der Waals surface area contributed by atoms with E-state index < -0.39 is 0 Å². The van der Waals surface area contributed by atoms with E-state index in [1.165, 1.54) is 22.5 Å². The Morgan fingerprint density at radius 2 is 1.88 bits per heavy atom. The Balaban J connectivity index is 1.30. The number of nitrogens with zero attached hydrogens (tertiary/aromatic N) is 1. The number of rotatable bonds is 5. The molecule has 0 saturated carbocycles. The molecule has 2 heterocycles. The standard InChI is InChI=1S/C27H22N2O3S/c1-17-7-9-18(10-8-17)13-22-16-28-27(33-22)29-25(30)20-11-12-23-21(14-20)15-24(32-26(23)31)19-5-3-2-4-6-19/h2-12,14,16,24H,13,15H2,1H3,(H,28,29,30). The molecule has 4 aromatic rings. The van der Waals surface area contributed by atoms with Crippen molar-refractivity contribution >= 4 is 28.3 Å². The highest BCUT2D eigenvalue weighted by Gasteiger charge is 2.28. The van der Waals surface area contributed by atoms with Crippen LogP contribution in [0.3, 0.4) is 0 Å². The second-order valence-electron chi connectivity index (χ2n) is 8.13. The monoisotopic (exact) mass is 454 g/mol. The van der Waals surface area contributed by atoms with E-state index in [1.54, 1.807) is 24.4 Å². The summed E-state index contributed by atoms with van der Waals surface area (Å²) in [5.41, 5.74) is 5.18. The van der Waals surface area contributed by atoms with Crippen LogP contribution in [0, 0.1) is 6.92 Å². The number of esters is 1. The Morgan fingerprint density at radius 1 is 1.09 bits per heavy atom. The zero-order chi connectivity index (χ0) is 22.8. The van der Waals surface area contributed by atoms with Gasteiger partial charge in [0.25, 0.3) is 5.91 Å². The lowest BCUT2D eigenvalue weighted by Gasteiger charge is -2.25. The molecular weight excluding hydrogens is 432 g/mol. The van der Waals surface area contributed by atoms with Crippen molar-refractivity contribution in [2.24, 2.45) is 0 Å². The third-order valence-corrected chi connectivity index (χ3v) is 6.60. The van der Waals surface area contributed by atoms with Gasteiger partial charge in [0.15, 0.2) is 5.13 Å². The van der Waals surface area contributed by atoms with Gasteiger partial charge in [-0.1, -0.05) is 60.2 Å². The summed E-state index contributed by atoms with van der Waals surface area (Å²) < 4.78 is 5.61. The van der Waals surface area contributed by atoms with E-state index in [-0.39, 0.29) is 18.0 Å². The van der Waals surface area contributed by atoms with Crippen molar-refractivity contribution in [3.8, 4) is 0 Å². The van der Waals surface area contributed by atoms with Gasteiger partial charge < -0.3 is 4.74 Å². The fraction of sp³-hybridized carbons (Fsp3) is 0.148. The normalized spacial score (nSPS) is 14.9. The molecule has 1 unspecified atom stereocenters. The maximum atomic E-state index is 12.9. The predicted octanol–water partition coefficient (Wildman–Crippen LogP) is 5.75. The van der Waals surface area contributed by atoms with Crippen LogP contribution in [0.25, 0.3) is 0 Å². The quantitative estimate of drug-likeness (QED) is 0.390. The van der Waals surface area contributed by atoms with Gasteiger partial charge in [0, 0.05) is 29.5 Å². The summed E-state index contributed by atoms with van der Waals surface area (Å²) >= 11 is 1.46. The first kappa shape index (κ1) is 21.1. The number of hydrogen-bond acceptors (Lipinski definition) is 5. The molecule has 1 aliphatic heterocycles. The molecule has 1 N–H and O–H groups in total. The molecule has 0 bridgehead atoms. The van der Waals surface area contributed by atoms with Crippen LogP contribution in [-0.4, -0.2) is 16.9 Å². The first-order valence-corrected chi connectivity index (χ1v) is 11.6. The lowest BCUT2D eigenvalue weighted by Crippen LogP contribution is -2.23. The maximum absolute atomic E-state index is 12.9. The molecular formula is C27H22N2O3S. The maximum Gasteiger partial charge on any atom is 0.339 e. The minimum absolute atomic E-state index is 0.246. The van der Waals surface area contributed by atoms with Gasteiger partial charge >= 0.3 is 5.97 Å².